The van der Waals surface area contributed by atoms with Crippen LogP contribution in [0.1, 0.15) is 40.3 Å². The van der Waals surface area contributed by atoms with Crippen molar-refractivity contribution < 1.29 is 19.0 Å². The molecule has 6 nitrogen and oxygen atoms in total. The van der Waals surface area contributed by atoms with E-state index in [9.17, 15) is 14.3 Å². The number of aliphatic hydroxyl groups excluding tert-OH is 1. The van der Waals surface area contributed by atoms with E-state index in [4.69, 9.17) is 4.74 Å². The highest BCUT2D eigenvalue weighted by molar-refractivity contribution is 5.91. The molecule has 0 saturated carbocycles. The van der Waals surface area contributed by atoms with Crippen molar-refractivity contribution in [1.82, 2.24) is 14.9 Å². The Labute approximate surface area is 169 Å². The molecule has 0 spiro atoms. The summed E-state index contributed by atoms with van der Waals surface area (Å²) < 4.78 is 20.7. The van der Waals surface area contributed by atoms with Crippen molar-refractivity contribution in [3.8, 4) is 5.75 Å². The molecule has 2 atom stereocenters. The van der Waals surface area contributed by atoms with E-state index in [2.05, 4.69) is 10.3 Å². The summed E-state index contributed by atoms with van der Waals surface area (Å²) in [6.45, 7) is 3.78. The first-order valence-corrected chi connectivity index (χ1v) is 9.28. The second kappa shape index (κ2) is 8.87. The number of aromatic nitrogens is 2. The number of imidazole rings is 1. The molecular weight excluding hydrogens is 373 g/mol. The second-order valence-electron chi connectivity index (χ2n) is 6.94. The van der Waals surface area contributed by atoms with Crippen molar-refractivity contribution in [2.24, 2.45) is 0 Å². The Morgan fingerprint density at radius 1 is 1.28 bits per heavy atom. The third-order valence-electron chi connectivity index (χ3n) is 4.80. The Morgan fingerprint density at radius 3 is 2.66 bits per heavy atom. The average Bonchev–Trinajstić information content (AvgIpc) is 3.18. The van der Waals surface area contributed by atoms with Gasteiger partial charge in [0.1, 0.15) is 11.6 Å². The third-order valence-corrected chi connectivity index (χ3v) is 4.80. The lowest BCUT2D eigenvalue weighted by molar-refractivity contribution is 0.0838. The van der Waals surface area contributed by atoms with Crippen LogP contribution in [-0.2, 0) is 6.54 Å². The van der Waals surface area contributed by atoms with Gasteiger partial charge in [0, 0.05) is 18.9 Å². The zero-order valence-corrected chi connectivity index (χ0v) is 16.6. The summed E-state index contributed by atoms with van der Waals surface area (Å²) in [7, 11) is 1.61. The fourth-order valence-corrected chi connectivity index (χ4v) is 3.01. The predicted molar refractivity (Wildman–Crippen MR) is 107 cm³/mol. The highest BCUT2D eigenvalue weighted by Crippen LogP contribution is 2.20. The fraction of sp³-hybridized carbons (Fsp3) is 0.273. The van der Waals surface area contributed by atoms with Crippen molar-refractivity contribution >= 4 is 5.91 Å². The van der Waals surface area contributed by atoms with Gasteiger partial charge in [0.05, 0.1) is 19.3 Å². The molecule has 1 aromatic heterocycles. The van der Waals surface area contributed by atoms with Gasteiger partial charge in [0.15, 0.2) is 5.82 Å². The standard InChI is InChI=1S/C22H24FN3O3/c1-14-4-7-17(12-19(14)23)20(27)15(2)25-22(28)21-24-10-11-26(21)13-16-5-8-18(29-3)9-6-16/h4-12,15,20,27H,13H2,1-3H3,(H,25,28). The Balaban J connectivity index is 1.69. The fourth-order valence-electron chi connectivity index (χ4n) is 3.01. The molecule has 1 amide bonds. The van der Waals surface area contributed by atoms with Gasteiger partial charge in [-0.05, 0) is 48.7 Å². The highest BCUT2D eigenvalue weighted by Gasteiger charge is 2.22. The Morgan fingerprint density at radius 2 is 2.00 bits per heavy atom. The molecule has 2 aromatic carbocycles. The van der Waals surface area contributed by atoms with Gasteiger partial charge >= 0.3 is 0 Å². The van der Waals surface area contributed by atoms with E-state index >= 15 is 0 Å². The van der Waals surface area contributed by atoms with Gasteiger partial charge in [-0.25, -0.2) is 9.37 Å². The lowest BCUT2D eigenvalue weighted by Crippen LogP contribution is -2.38. The van der Waals surface area contributed by atoms with Gasteiger partial charge in [-0.2, -0.15) is 0 Å². The average molecular weight is 397 g/mol. The van der Waals surface area contributed by atoms with Gasteiger partial charge in [-0.3, -0.25) is 4.79 Å². The van der Waals surface area contributed by atoms with E-state index in [1.54, 1.807) is 50.1 Å². The van der Waals surface area contributed by atoms with Gasteiger partial charge in [0.25, 0.3) is 5.91 Å². The van der Waals surface area contributed by atoms with Crippen LogP contribution >= 0.6 is 0 Å². The summed E-state index contributed by atoms with van der Waals surface area (Å²) in [5.74, 6) is 0.181. The molecule has 7 heteroatoms. The maximum Gasteiger partial charge on any atom is 0.287 e. The van der Waals surface area contributed by atoms with Crippen molar-refractivity contribution in [3.05, 3.63) is 83.2 Å². The number of carbonyl (C=O) groups is 1. The zero-order valence-electron chi connectivity index (χ0n) is 16.6. The maximum atomic E-state index is 13.8. The molecule has 3 aromatic rings. The molecule has 0 saturated heterocycles. The number of methoxy groups -OCH3 is 1. The molecule has 0 aliphatic heterocycles. The molecule has 152 valence electrons. The number of ether oxygens (including phenoxy) is 1. The minimum Gasteiger partial charge on any atom is -0.497 e. The lowest BCUT2D eigenvalue weighted by Gasteiger charge is -2.21. The van der Waals surface area contributed by atoms with E-state index in [0.717, 1.165) is 11.3 Å². The number of amides is 1. The summed E-state index contributed by atoms with van der Waals surface area (Å²) >= 11 is 0. The zero-order chi connectivity index (χ0) is 21.0. The molecule has 0 aliphatic rings. The Kier molecular flexibility index (Phi) is 6.29. The normalized spacial score (nSPS) is 13.0. The molecule has 2 N–H and O–H groups in total. The first-order chi connectivity index (χ1) is 13.9. The monoisotopic (exact) mass is 397 g/mol. The predicted octanol–water partition coefficient (Wildman–Crippen LogP) is 3.24. The van der Waals surface area contributed by atoms with Crippen LogP contribution in [0, 0.1) is 12.7 Å². The van der Waals surface area contributed by atoms with Crippen LogP contribution in [0.5, 0.6) is 5.75 Å². The van der Waals surface area contributed by atoms with Crippen LogP contribution in [-0.4, -0.2) is 33.7 Å². The summed E-state index contributed by atoms with van der Waals surface area (Å²) in [6, 6.07) is 11.4. The molecule has 0 radical (unpaired) electrons. The van der Waals surface area contributed by atoms with E-state index in [1.165, 1.54) is 6.07 Å². The molecular formula is C22H24FN3O3. The van der Waals surface area contributed by atoms with Crippen LogP contribution in [0.15, 0.2) is 54.9 Å². The first kappa shape index (κ1) is 20.5. The number of aliphatic hydroxyl groups is 1. The maximum absolute atomic E-state index is 13.8. The minimum atomic E-state index is -1.04. The van der Waals surface area contributed by atoms with E-state index < -0.39 is 23.9 Å². The quantitative estimate of drug-likeness (QED) is 0.642. The first-order valence-electron chi connectivity index (χ1n) is 9.28. The van der Waals surface area contributed by atoms with Crippen molar-refractivity contribution in [1.29, 1.82) is 0 Å². The number of halogens is 1. The van der Waals surface area contributed by atoms with Crippen LogP contribution in [0.2, 0.25) is 0 Å². The molecule has 0 bridgehead atoms. The van der Waals surface area contributed by atoms with Crippen molar-refractivity contribution in [2.75, 3.05) is 7.11 Å². The lowest BCUT2D eigenvalue weighted by atomic mass is 10.0. The minimum absolute atomic E-state index is 0.231. The summed E-state index contributed by atoms with van der Waals surface area (Å²) in [5, 5.41) is 13.2. The largest absolute Gasteiger partial charge is 0.497 e. The number of nitrogens with zero attached hydrogens (tertiary/aromatic N) is 2. The number of carbonyl (C=O) groups excluding carboxylic acids is 1. The number of aryl methyl sites for hydroxylation is 1. The van der Waals surface area contributed by atoms with Crippen molar-refractivity contribution in [2.45, 2.75) is 32.5 Å². The molecule has 3 rings (SSSR count). The molecule has 29 heavy (non-hydrogen) atoms. The number of rotatable bonds is 7. The SMILES string of the molecule is COc1ccc(Cn2ccnc2C(=O)NC(C)C(O)c2ccc(C)c(F)c2)cc1. The van der Waals surface area contributed by atoms with Crippen LogP contribution in [0.3, 0.4) is 0 Å². The van der Waals surface area contributed by atoms with Gasteiger partial charge in [-0.1, -0.05) is 24.3 Å². The highest BCUT2D eigenvalue weighted by atomic mass is 19.1. The van der Waals surface area contributed by atoms with Gasteiger partial charge in [0.2, 0.25) is 0 Å². The van der Waals surface area contributed by atoms with E-state index in [-0.39, 0.29) is 5.82 Å². The van der Waals surface area contributed by atoms with Gasteiger partial charge < -0.3 is 19.7 Å². The molecule has 0 aliphatic carbocycles. The summed E-state index contributed by atoms with van der Waals surface area (Å²) in [4.78, 5) is 16.8. The number of nitrogens with one attached hydrogen (secondary N) is 1. The number of benzene rings is 2. The van der Waals surface area contributed by atoms with Gasteiger partial charge in [-0.15, -0.1) is 0 Å². The second-order valence-corrected chi connectivity index (χ2v) is 6.94. The van der Waals surface area contributed by atoms with E-state index in [0.29, 0.717) is 17.7 Å². The molecule has 1 heterocycles. The summed E-state index contributed by atoms with van der Waals surface area (Å²) in [6.07, 6.45) is 2.23. The van der Waals surface area contributed by atoms with Crippen LogP contribution in [0.4, 0.5) is 4.39 Å². The van der Waals surface area contributed by atoms with Crippen LogP contribution < -0.4 is 10.1 Å². The third kappa shape index (κ3) is 4.81. The molecule has 2 unspecified atom stereocenters. The van der Waals surface area contributed by atoms with Crippen LogP contribution in [0.25, 0.3) is 0 Å². The van der Waals surface area contributed by atoms with Crippen molar-refractivity contribution in [3.63, 3.8) is 0 Å². The smallest absolute Gasteiger partial charge is 0.287 e. The van der Waals surface area contributed by atoms with E-state index in [1.807, 2.05) is 24.3 Å². The Hall–Kier alpha value is -3.19. The number of hydrogen-bond acceptors (Lipinski definition) is 4. The summed E-state index contributed by atoms with van der Waals surface area (Å²) in [5.41, 5.74) is 1.89. The molecule has 0 fully saturated rings. The Bertz CT molecular complexity index is 985. The number of hydrogen-bond donors (Lipinski definition) is 2. The topological polar surface area (TPSA) is 76.4 Å².